The second-order valence-corrected chi connectivity index (χ2v) is 8.21. The zero-order valence-electron chi connectivity index (χ0n) is 16.3. The lowest BCUT2D eigenvalue weighted by molar-refractivity contribution is 0.0926. The fourth-order valence-corrected chi connectivity index (χ4v) is 3.55. The van der Waals surface area contributed by atoms with Gasteiger partial charge >= 0.3 is 0 Å². The minimum absolute atomic E-state index is 0.268. The molecule has 2 rings (SSSR count). The van der Waals surface area contributed by atoms with Gasteiger partial charge < -0.3 is 20.4 Å². The van der Waals surface area contributed by atoms with Crippen LogP contribution < -0.4 is 16.0 Å². The first kappa shape index (κ1) is 21.5. The van der Waals surface area contributed by atoms with Crippen LogP contribution in [0, 0.1) is 6.92 Å². The maximum Gasteiger partial charge on any atom is 0.287 e. The summed E-state index contributed by atoms with van der Waals surface area (Å²) in [5.74, 6) is 0.614. The number of aliphatic imine (C=N–C) groups is 1. The average molecular weight is 407 g/mol. The summed E-state index contributed by atoms with van der Waals surface area (Å²) in [5, 5.41) is 9.02. The Hall–Kier alpha value is -2.81. The molecule has 0 spiro atoms. The molecule has 3 N–H and O–H groups in total. The molecule has 0 aliphatic rings. The molecule has 0 aliphatic carbocycles. The van der Waals surface area contributed by atoms with Gasteiger partial charge in [-0.25, -0.2) is 13.4 Å². The van der Waals surface area contributed by atoms with Gasteiger partial charge in [0.05, 0.1) is 17.7 Å². The van der Waals surface area contributed by atoms with Gasteiger partial charge in [0, 0.05) is 25.9 Å². The molecular weight excluding hydrogens is 380 g/mol. The topological polar surface area (TPSA) is 113 Å². The van der Waals surface area contributed by atoms with E-state index in [9.17, 15) is 13.2 Å². The summed E-state index contributed by atoms with van der Waals surface area (Å²) in [5.41, 5.74) is 1.61. The van der Waals surface area contributed by atoms with Gasteiger partial charge in [-0.3, -0.25) is 4.79 Å². The van der Waals surface area contributed by atoms with Crippen molar-refractivity contribution < 1.29 is 17.6 Å². The van der Waals surface area contributed by atoms with Gasteiger partial charge in [0.15, 0.2) is 21.6 Å². The highest BCUT2D eigenvalue weighted by Crippen LogP contribution is 2.17. The Bertz CT molecular complexity index is 921. The van der Waals surface area contributed by atoms with E-state index in [2.05, 4.69) is 20.9 Å². The van der Waals surface area contributed by atoms with Crippen molar-refractivity contribution in [2.75, 3.05) is 25.9 Å². The van der Waals surface area contributed by atoms with Crippen LogP contribution in [0.4, 0.5) is 0 Å². The SMILES string of the molecule is CCNC(=NCc1ccc(S(C)(=O)=O)c(C)c1)NCCNC(=O)c1ccco1. The van der Waals surface area contributed by atoms with Crippen LogP contribution >= 0.6 is 0 Å². The lowest BCUT2D eigenvalue weighted by atomic mass is 10.1. The molecule has 0 bridgehead atoms. The maximum absolute atomic E-state index is 11.8. The number of rotatable bonds is 8. The molecule has 9 heteroatoms. The number of nitrogens with one attached hydrogen (secondary N) is 3. The summed E-state index contributed by atoms with van der Waals surface area (Å²) in [6.45, 7) is 5.72. The normalized spacial score (nSPS) is 11.9. The van der Waals surface area contributed by atoms with Gasteiger partial charge in [-0.05, 0) is 43.2 Å². The number of carbonyl (C=O) groups excluding carboxylic acids is 1. The van der Waals surface area contributed by atoms with Crippen molar-refractivity contribution in [2.24, 2.45) is 4.99 Å². The van der Waals surface area contributed by atoms with Crippen molar-refractivity contribution in [1.29, 1.82) is 0 Å². The molecule has 0 radical (unpaired) electrons. The van der Waals surface area contributed by atoms with E-state index in [0.29, 0.717) is 42.6 Å². The Morgan fingerprint density at radius 3 is 2.50 bits per heavy atom. The van der Waals surface area contributed by atoms with Crippen LogP contribution in [0.15, 0.2) is 50.9 Å². The van der Waals surface area contributed by atoms with Gasteiger partial charge in [0.1, 0.15) is 0 Å². The highest BCUT2D eigenvalue weighted by Gasteiger charge is 2.11. The van der Waals surface area contributed by atoms with Crippen LogP contribution in [0.5, 0.6) is 0 Å². The molecule has 0 unspecified atom stereocenters. The molecule has 8 nitrogen and oxygen atoms in total. The van der Waals surface area contributed by atoms with E-state index < -0.39 is 9.84 Å². The lowest BCUT2D eigenvalue weighted by Gasteiger charge is -2.12. The molecule has 152 valence electrons. The maximum atomic E-state index is 11.8. The highest BCUT2D eigenvalue weighted by molar-refractivity contribution is 7.90. The number of hydrogen-bond acceptors (Lipinski definition) is 5. The zero-order chi connectivity index (χ0) is 20.6. The molecule has 0 saturated heterocycles. The number of hydrogen-bond donors (Lipinski definition) is 3. The van der Waals surface area contributed by atoms with Gasteiger partial charge in [-0.1, -0.05) is 12.1 Å². The second-order valence-electron chi connectivity index (χ2n) is 6.23. The molecule has 1 aromatic heterocycles. The average Bonchev–Trinajstić information content (AvgIpc) is 3.16. The molecule has 0 fully saturated rings. The van der Waals surface area contributed by atoms with E-state index in [-0.39, 0.29) is 11.7 Å². The van der Waals surface area contributed by atoms with Crippen LogP contribution in [0.1, 0.15) is 28.6 Å². The summed E-state index contributed by atoms with van der Waals surface area (Å²) < 4.78 is 28.4. The first-order chi connectivity index (χ1) is 13.3. The number of furan rings is 1. The fraction of sp³-hybridized carbons (Fsp3) is 0.368. The van der Waals surface area contributed by atoms with E-state index in [1.807, 2.05) is 13.0 Å². The number of guanidine groups is 1. The minimum atomic E-state index is -3.23. The second kappa shape index (κ2) is 9.93. The van der Waals surface area contributed by atoms with Crippen LogP contribution in [0.25, 0.3) is 0 Å². The summed E-state index contributed by atoms with van der Waals surface area (Å²) in [6.07, 6.45) is 2.65. The Labute approximate surface area is 165 Å². The van der Waals surface area contributed by atoms with E-state index in [4.69, 9.17) is 4.42 Å². The standard InChI is InChI=1S/C19H26N4O4S/c1-4-20-19(22-10-9-21-18(24)16-6-5-11-27-16)23-13-15-7-8-17(14(2)12-15)28(3,25)26/h5-8,11-12H,4,9-10,13H2,1-3H3,(H,21,24)(H2,20,22,23). The van der Waals surface area contributed by atoms with Crippen molar-refractivity contribution >= 4 is 21.7 Å². The first-order valence-corrected chi connectivity index (χ1v) is 10.8. The van der Waals surface area contributed by atoms with Crippen LogP contribution in [0.3, 0.4) is 0 Å². The predicted molar refractivity (Wildman–Crippen MR) is 108 cm³/mol. The summed E-state index contributed by atoms with van der Waals surface area (Å²) in [6, 6.07) is 8.46. The quantitative estimate of drug-likeness (QED) is 0.348. The van der Waals surface area contributed by atoms with Gasteiger partial charge in [-0.15, -0.1) is 0 Å². The zero-order valence-corrected chi connectivity index (χ0v) is 17.1. The van der Waals surface area contributed by atoms with Crippen molar-refractivity contribution in [2.45, 2.75) is 25.3 Å². The number of aryl methyl sites for hydroxylation is 1. The van der Waals surface area contributed by atoms with E-state index in [1.165, 1.54) is 12.5 Å². The molecular formula is C19H26N4O4S. The monoisotopic (exact) mass is 406 g/mol. The summed E-state index contributed by atoms with van der Waals surface area (Å²) in [4.78, 5) is 16.6. The van der Waals surface area contributed by atoms with E-state index in [1.54, 1.807) is 31.2 Å². The van der Waals surface area contributed by atoms with Gasteiger partial charge in [0.2, 0.25) is 0 Å². The van der Waals surface area contributed by atoms with Crippen LogP contribution in [0.2, 0.25) is 0 Å². The highest BCUT2D eigenvalue weighted by atomic mass is 32.2. The Kier molecular flexibility index (Phi) is 7.62. The molecule has 28 heavy (non-hydrogen) atoms. The minimum Gasteiger partial charge on any atom is -0.459 e. The largest absolute Gasteiger partial charge is 0.459 e. The lowest BCUT2D eigenvalue weighted by Crippen LogP contribution is -2.41. The Morgan fingerprint density at radius 1 is 1.14 bits per heavy atom. The predicted octanol–water partition coefficient (Wildman–Crippen LogP) is 1.48. The third-order valence-electron chi connectivity index (χ3n) is 3.85. The number of benzene rings is 1. The molecule has 1 heterocycles. The summed E-state index contributed by atoms with van der Waals surface area (Å²) in [7, 11) is -3.23. The smallest absolute Gasteiger partial charge is 0.287 e. The molecule has 0 atom stereocenters. The van der Waals surface area contributed by atoms with Gasteiger partial charge in [-0.2, -0.15) is 0 Å². The van der Waals surface area contributed by atoms with Crippen molar-refractivity contribution in [1.82, 2.24) is 16.0 Å². The Balaban J connectivity index is 1.89. The third-order valence-corrected chi connectivity index (χ3v) is 5.11. The van der Waals surface area contributed by atoms with Crippen LogP contribution in [-0.2, 0) is 16.4 Å². The number of carbonyl (C=O) groups is 1. The first-order valence-electron chi connectivity index (χ1n) is 8.94. The van der Waals surface area contributed by atoms with Crippen LogP contribution in [-0.4, -0.2) is 46.2 Å². The van der Waals surface area contributed by atoms with Gasteiger partial charge in [0.25, 0.3) is 5.91 Å². The number of nitrogens with zero attached hydrogens (tertiary/aromatic N) is 1. The molecule has 0 aliphatic heterocycles. The van der Waals surface area contributed by atoms with E-state index >= 15 is 0 Å². The molecule has 0 saturated carbocycles. The molecule has 2 aromatic rings. The Morgan fingerprint density at radius 2 is 1.89 bits per heavy atom. The number of amides is 1. The fourth-order valence-electron chi connectivity index (χ4n) is 2.59. The van der Waals surface area contributed by atoms with Crippen molar-refractivity contribution in [3.63, 3.8) is 0 Å². The summed E-state index contributed by atoms with van der Waals surface area (Å²) >= 11 is 0. The van der Waals surface area contributed by atoms with E-state index in [0.717, 1.165) is 5.56 Å². The van der Waals surface area contributed by atoms with Crippen molar-refractivity contribution in [3.8, 4) is 0 Å². The third kappa shape index (κ3) is 6.41. The molecule has 1 aromatic carbocycles. The van der Waals surface area contributed by atoms with Crippen molar-refractivity contribution in [3.05, 3.63) is 53.5 Å². The number of sulfone groups is 1. The molecule has 1 amide bonds.